The van der Waals surface area contributed by atoms with Crippen LogP contribution in [-0.2, 0) is 9.63 Å². The molecule has 0 heterocycles. The highest BCUT2D eigenvalue weighted by atomic mass is 16.7. The van der Waals surface area contributed by atoms with Crippen LogP contribution in [0.3, 0.4) is 0 Å². The summed E-state index contributed by atoms with van der Waals surface area (Å²) in [4.78, 5) is 32.0. The molecule has 2 aliphatic carbocycles. The monoisotopic (exact) mass is 342 g/mol. The Morgan fingerprint density at radius 2 is 1.72 bits per heavy atom. The van der Waals surface area contributed by atoms with E-state index in [1.165, 1.54) is 0 Å². The third-order valence-corrected chi connectivity index (χ3v) is 6.80. The Morgan fingerprint density at radius 3 is 2.32 bits per heavy atom. The van der Waals surface area contributed by atoms with Crippen molar-refractivity contribution in [2.24, 2.45) is 21.4 Å². The Bertz CT molecular complexity index is 739. The van der Waals surface area contributed by atoms with E-state index in [2.05, 4.69) is 25.9 Å². The SMILES string of the molecule is CN(C)C(=O)C12CCC(C)(C(=NOC(=O)c3ccccc3)C1)C2(C)C. The Morgan fingerprint density at radius 1 is 1.08 bits per heavy atom. The molecule has 0 aliphatic heterocycles. The molecule has 2 aliphatic rings. The van der Waals surface area contributed by atoms with Crippen LogP contribution in [0.1, 0.15) is 50.4 Å². The summed E-state index contributed by atoms with van der Waals surface area (Å²) < 4.78 is 0. The maximum atomic E-state index is 13.0. The lowest BCUT2D eigenvalue weighted by Crippen LogP contribution is -2.46. The highest BCUT2D eigenvalue weighted by Crippen LogP contribution is 2.71. The van der Waals surface area contributed by atoms with E-state index < -0.39 is 11.4 Å². The largest absolute Gasteiger partial charge is 0.365 e. The van der Waals surface area contributed by atoms with Gasteiger partial charge in [0.05, 0.1) is 16.7 Å². The van der Waals surface area contributed by atoms with Crippen molar-refractivity contribution in [1.29, 1.82) is 0 Å². The maximum absolute atomic E-state index is 13.0. The quantitative estimate of drug-likeness (QED) is 0.624. The van der Waals surface area contributed by atoms with Crippen LogP contribution in [0, 0.1) is 16.2 Å². The molecule has 1 aromatic rings. The average molecular weight is 342 g/mol. The second kappa shape index (κ2) is 5.68. The minimum absolute atomic E-state index is 0.140. The van der Waals surface area contributed by atoms with Crippen LogP contribution >= 0.6 is 0 Å². The van der Waals surface area contributed by atoms with Crippen LogP contribution in [0.5, 0.6) is 0 Å². The fourth-order valence-electron chi connectivity index (χ4n) is 4.65. The van der Waals surface area contributed by atoms with Crippen molar-refractivity contribution in [2.75, 3.05) is 14.1 Å². The number of hydrogen-bond donors (Lipinski definition) is 0. The van der Waals surface area contributed by atoms with Crippen molar-refractivity contribution in [3.05, 3.63) is 35.9 Å². The highest BCUT2D eigenvalue weighted by Gasteiger charge is 2.72. The van der Waals surface area contributed by atoms with Crippen LogP contribution in [0.15, 0.2) is 35.5 Å². The summed E-state index contributed by atoms with van der Waals surface area (Å²) in [5.41, 5.74) is 0.347. The summed E-state index contributed by atoms with van der Waals surface area (Å²) >= 11 is 0. The van der Waals surface area contributed by atoms with E-state index in [0.717, 1.165) is 18.6 Å². The number of nitrogens with zero attached hydrogens (tertiary/aromatic N) is 2. The molecule has 1 aromatic carbocycles. The number of hydrogen-bond acceptors (Lipinski definition) is 4. The smallest absolute Gasteiger partial charge is 0.348 e. The standard InChI is InChI=1S/C20H26N2O3/c1-18(2)19(3)11-12-20(18,17(24)22(4)5)13-15(19)21-25-16(23)14-9-7-6-8-10-14/h6-10H,11-13H2,1-5H3. The molecule has 3 rings (SSSR count). The zero-order chi connectivity index (χ0) is 18.5. The lowest BCUT2D eigenvalue weighted by atomic mass is 9.64. The summed E-state index contributed by atoms with van der Waals surface area (Å²) in [5, 5.41) is 4.23. The first-order valence-electron chi connectivity index (χ1n) is 8.71. The summed E-state index contributed by atoms with van der Waals surface area (Å²) in [6.45, 7) is 6.42. The fraction of sp³-hybridized carbons (Fsp3) is 0.550. The van der Waals surface area contributed by atoms with Crippen LogP contribution < -0.4 is 0 Å². The van der Waals surface area contributed by atoms with Gasteiger partial charge in [0.25, 0.3) is 0 Å². The van der Waals surface area contributed by atoms with Gasteiger partial charge in [-0.3, -0.25) is 4.79 Å². The molecule has 2 unspecified atom stereocenters. The minimum Gasteiger partial charge on any atom is -0.348 e. The molecule has 0 radical (unpaired) electrons. The molecule has 5 heteroatoms. The second-order valence-electron chi connectivity index (χ2n) is 8.20. The fourth-order valence-corrected chi connectivity index (χ4v) is 4.65. The zero-order valence-electron chi connectivity index (χ0n) is 15.6. The van der Waals surface area contributed by atoms with Gasteiger partial charge in [0.15, 0.2) is 0 Å². The van der Waals surface area contributed by atoms with Crippen molar-refractivity contribution in [1.82, 2.24) is 4.90 Å². The predicted octanol–water partition coefficient (Wildman–Crippen LogP) is 3.50. The molecule has 0 N–H and O–H groups in total. The first-order chi connectivity index (χ1) is 11.7. The molecular formula is C20H26N2O3. The van der Waals surface area contributed by atoms with Crippen molar-refractivity contribution in [3.63, 3.8) is 0 Å². The molecule has 2 saturated carbocycles. The van der Waals surface area contributed by atoms with Crippen molar-refractivity contribution < 1.29 is 14.4 Å². The maximum Gasteiger partial charge on any atom is 0.365 e. The Hall–Kier alpha value is -2.17. The van der Waals surface area contributed by atoms with Crippen LogP contribution in [0.4, 0.5) is 0 Å². The van der Waals surface area contributed by atoms with Gasteiger partial charge in [-0.25, -0.2) is 4.79 Å². The molecule has 25 heavy (non-hydrogen) atoms. The molecule has 0 saturated heterocycles. The van der Waals surface area contributed by atoms with Crippen LogP contribution in [0.25, 0.3) is 0 Å². The van der Waals surface area contributed by atoms with Gasteiger partial charge in [-0.15, -0.1) is 0 Å². The topological polar surface area (TPSA) is 59.0 Å². The van der Waals surface area contributed by atoms with Crippen LogP contribution in [-0.4, -0.2) is 36.6 Å². The zero-order valence-corrected chi connectivity index (χ0v) is 15.6. The average Bonchev–Trinajstić information content (AvgIpc) is 2.90. The molecule has 5 nitrogen and oxygen atoms in total. The van der Waals surface area contributed by atoms with Gasteiger partial charge < -0.3 is 9.74 Å². The van der Waals surface area contributed by atoms with E-state index >= 15 is 0 Å². The highest BCUT2D eigenvalue weighted by molar-refractivity contribution is 6.02. The lowest BCUT2D eigenvalue weighted by molar-refractivity contribution is -0.144. The molecular weight excluding hydrogens is 316 g/mol. The van der Waals surface area contributed by atoms with Gasteiger partial charge in [-0.1, -0.05) is 44.1 Å². The number of fused-ring (bicyclic) bond motifs is 2. The van der Waals surface area contributed by atoms with Gasteiger partial charge in [-0.2, -0.15) is 0 Å². The van der Waals surface area contributed by atoms with Crippen LogP contribution in [0.2, 0.25) is 0 Å². The van der Waals surface area contributed by atoms with E-state index in [4.69, 9.17) is 4.84 Å². The third kappa shape index (κ3) is 2.32. The minimum atomic E-state index is -0.469. The number of amides is 1. The van der Waals surface area contributed by atoms with Gasteiger partial charge in [0.1, 0.15) is 0 Å². The molecule has 2 bridgehead atoms. The van der Waals surface area contributed by atoms with Gasteiger partial charge in [0.2, 0.25) is 5.91 Å². The van der Waals surface area contributed by atoms with Gasteiger partial charge >= 0.3 is 5.97 Å². The Kier molecular flexibility index (Phi) is 4.01. The third-order valence-electron chi connectivity index (χ3n) is 6.80. The number of oxime groups is 1. The molecule has 134 valence electrons. The number of benzene rings is 1. The van der Waals surface area contributed by atoms with Crippen molar-refractivity contribution in [2.45, 2.75) is 40.0 Å². The van der Waals surface area contributed by atoms with Gasteiger partial charge in [-0.05, 0) is 30.4 Å². The van der Waals surface area contributed by atoms with Crippen molar-refractivity contribution >= 4 is 17.6 Å². The number of rotatable bonds is 3. The van der Waals surface area contributed by atoms with Crippen molar-refractivity contribution in [3.8, 4) is 0 Å². The normalized spacial score (nSPS) is 31.2. The number of carbonyl (C=O) groups excluding carboxylic acids is 2. The van der Waals surface area contributed by atoms with E-state index in [1.807, 2.05) is 6.07 Å². The first kappa shape index (κ1) is 17.6. The summed E-state index contributed by atoms with van der Waals surface area (Å²) in [5.74, 6) is -0.328. The molecule has 1 amide bonds. The summed E-state index contributed by atoms with van der Waals surface area (Å²) in [6.07, 6.45) is 2.27. The molecule has 0 spiro atoms. The Labute approximate surface area is 149 Å². The second-order valence-corrected chi connectivity index (χ2v) is 8.20. The van der Waals surface area contributed by atoms with E-state index in [1.54, 1.807) is 43.3 Å². The van der Waals surface area contributed by atoms with E-state index in [-0.39, 0.29) is 16.7 Å². The lowest BCUT2D eigenvalue weighted by Gasteiger charge is -2.40. The van der Waals surface area contributed by atoms with E-state index in [0.29, 0.717) is 12.0 Å². The first-order valence-corrected chi connectivity index (χ1v) is 8.71. The summed E-state index contributed by atoms with van der Waals surface area (Å²) in [7, 11) is 3.60. The molecule has 2 fully saturated rings. The summed E-state index contributed by atoms with van der Waals surface area (Å²) in [6, 6.07) is 8.82. The van der Waals surface area contributed by atoms with E-state index in [9.17, 15) is 9.59 Å². The van der Waals surface area contributed by atoms with Gasteiger partial charge in [0, 0.05) is 25.9 Å². The molecule has 0 aromatic heterocycles. The molecule has 2 atom stereocenters. The predicted molar refractivity (Wildman–Crippen MR) is 96.2 cm³/mol. The number of carbonyl (C=O) groups is 2. The Balaban J connectivity index is 1.90.